The van der Waals surface area contributed by atoms with Crippen LogP contribution in [-0.4, -0.2) is 27.8 Å². The first kappa shape index (κ1) is 16.4. The summed E-state index contributed by atoms with van der Waals surface area (Å²) in [5, 5.41) is 10.6. The normalized spacial score (nSPS) is 10.4. The van der Waals surface area contributed by atoms with Crippen molar-refractivity contribution in [3.63, 3.8) is 0 Å². The number of nitro groups is 1. The van der Waals surface area contributed by atoms with E-state index in [1.165, 1.54) is 24.3 Å². The molecule has 1 aromatic heterocycles. The van der Waals surface area contributed by atoms with Gasteiger partial charge in [0.05, 0.1) is 10.5 Å². The number of Topliss-reactive ketones (excluding diaryl/α,β-unsaturated/α-hetero) is 1. The fourth-order valence-electron chi connectivity index (χ4n) is 2.15. The Morgan fingerprint density at radius 1 is 1.22 bits per heavy atom. The molecule has 0 aliphatic rings. The number of nitro benzene ring substituents is 1. The quantitative estimate of drug-likeness (QED) is 0.366. The lowest BCUT2D eigenvalue weighted by molar-refractivity contribution is -0.384. The van der Waals surface area contributed by atoms with Crippen molar-refractivity contribution < 1.29 is 19.2 Å². The smallest absolute Gasteiger partial charge is 0.338 e. The molecule has 0 saturated heterocycles. The summed E-state index contributed by atoms with van der Waals surface area (Å²) in [6, 6.07) is 6.76. The molecule has 23 heavy (non-hydrogen) atoms. The second kappa shape index (κ2) is 6.43. The average molecular weight is 316 g/mol. The SMILES string of the molecule is Cc1cc(C(=O)COC(=O)c2ccc([N+](=O)[O-])cc2)c(C)n1C. The summed E-state index contributed by atoms with van der Waals surface area (Å²) >= 11 is 0. The molecular formula is C16H16N2O5. The number of carbonyl (C=O) groups excluding carboxylic acids is 2. The highest BCUT2D eigenvalue weighted by Gasteiger charge is 2.17. The number of ether oxygens (including phenoxy) is 1. The standard InChI is InChI=1S/C16H16N2O5/c1-10-8-14(11(2)17(10)3)15(19)9-23-16(20)12-4-6-13(7-5-12)18(21)22/h4-8H,9H2,1-3H3. The third kappa shape index (κ3) is 3.45. The molecule has 0 N–H and O–H groups in total. The molecule has 1 aromatic carbocycles. The Hall–Kier alpha value is -2.96. The monoisotopic (exact) mass is 316 g/mol. The van der Waals surface area contributed by atoms with E-state index in [4.69, 9.17) is 4.74 Å². The van der Waals surface area contributed by atoms with Gasteiger partial charge >= 0.3 is 5.97 Å². The van der Waals surface area contributed by atoms with Crippen molar-refractivity contribution in [1.29, 1.82) is 0 Å². The highest BCUT2D eigenvalue weighted by atomic mass is 16.6. The predicted molar refractivity (Wildman–Crippen MR) is 82.6 cm³/mol. The van der Waals surface area contributed by atoms with Gasteiger partial charge in [-0.1, -0.05) is 0 Å². The number of non-ortho nitro benzene ring substituents is 1. The first-order chi connectivity index (χ1) is 10.8. The van der Waals surface area contributed by atoms with E-state index in [-0.39, 0.29) is 23.6 Å². The van der Waals surface area contributed by atoms with Crippen molar-refractivity contribution in [2.45, 2.75) is 13.8 Å². The van der Waals surface area contributed by atoms with Crippen molar-refractivity contribution in [3.8, 4) is 0 Å². The Balaban J connectivity index is 2.02. The molecule has 120 valence electrons. The van der Waals surface area contributed by atoms with Crippen LogP contribution in [0.25, 0.3) is 0 Å². The van der Waals surface area contributed by atoms with E-state index < -0.39 is 10.9 Å². The second-order valence-electron chi connectivity index (χ2n) is 5.15. The predicted octanol–water partition coefficient (Wildman–Crippen LogP) is 2.59. The zero-order valence-corrected chi connectivity index (χ0v) is 13.0. The van der Waals surface area contributed by atoms with Gasteiger partial charge in [-0.2, -0.15) is 0 Å². The van der Waals surface area contributed by atoms with E-state index >= 15 is 0 Å². The summed E-state index contributed by atoms with van der Waals surface area (Å²) < 4.78 is 6.86. The molecule has 0 atom stereocenters. The van der Waals surface area contributed by atoms with Gasteiger partial charge in [0.2, 0.25) is 5.78 Å². The molecule has 0 aliphatic carbocycles. The average Bonchev–Trinajstić information content (AvgIpc) is 2.80. The van der Waals surface area contributed by atoms with Crippen molar-refractivity contribution in [3.05, 3.63) is 63.0 Å². The number of aryl methyl sites for hydroxylation is 1. The molecule has 0 radical (unpaired) electrons. The highest BCUT2D eigenvalue weighted by Crippen LogP contribution is 2.15. The number of hydrogen-bond donors (Lipinski definition) is 0. The topological polar surface area (TPSA) is 91.4 Å². The minimum absolute atomic E-state index is 0.118. The number of aromatic nitrogens is 1. The van der Waals surface area contributed by atoms with Crippen LogP contribution in [0.1, 0.15) is 32.1 Å². The van der Waals surface area contributed by atoms with Gasteiger partial charge in [0.1, 0.15) is 0 Å². The molecule has 0 saturated carbocycles. The van der Waals surface area contributed by atoms with Gasteiger partial charge in [0.25, 0.3) is 5.69 Å². The molecule has 2 aromatic rings. The van der Waals surface area contributed by atoms with Crippen LogP contribution in [0.15, 0.2) is 30.3 Å². The van der Waals surface area contributed by atoms with Gasteiger partial charge < -0.3 is 9.30 Å². The molecule has 7 heteroatoms. The molecule has 7 nitrogen and oxygen atoms in total. The maximum atomic E-state index is 12.1. The highest BCUT2D eigenvalue weighted by molar-refractivity contribution is 6.00. The van der Waals surface area contributed by atoms with E-state index in [0.29, 0.717) is 5.56 Å². The van der Waals surface area contributed by atoms with E-state index in [0.717, 1.165) is 11.4 Å². The van der Waals surface area contributed by atoms with Gasteiger partial charge in [-0.05, 0) is 32.0 Å². The summed E-state index contributed by atoms with van der Waals surface area (Å²) in [7, 11) is 1.85. The summed E-state index contributed by atoms with van der Waals surface area (Å²) in [5.74, 6) is -0.986. The molecule has 0 aliphatic heterocycles. The van der Waals surface area contributed by atoms with Crippen LogP contribution in [0.5, 0.6) is 0 Å². The van der Waals surface area contributed by atoms with E-state index in [1.807, 2.05) is 25.5 Å². The number of rotatable bonds is 5. The maximum absolute atomic E-state index is 12.1. The van der Waals surface area contributed by atoms with Gasteiger partial charge in [-0.25, -0.2) is 4.79 Å². The summed E-state index contributed by atoms with van der Waals surface area (Å²) in [5.41, 5.74) is 2.30. The zero-order chi connectivity index (χ0) is 17.1. The Morgan fingerprint density at radius 3 is 2.30 bits per heavy atom. The fraction of sp³-hybridized carbons (Fsp3) is 0.250. The summed E-state index contributed by atoms with van der Waals surface area (Å²) in [6.07, 6.45) is 0. The molecule has 1 heterocycles. The van der Waals surface area contributed by atoms with Gasteiger partial charge in [-0.3, -0.25) is 14.9 Å². The zero-order valence-electron chi connectivity index (χ0n) is 13.0. The molecular weight excluding hydrogens is 300 g/mol. The first-order valence-electron chi connectivity index (χ1n) is 6.89. The fourth-order valence-corrected chi connectivity index (χ4v) is 2.15. The van der Waals surface area contributed by atoms with Gasteiger partial charge in [-0.15, -0.1) is 0 Å². The maximum Gasteiger partial charge on any atom is 0.338 e. The number of hydrogen-bond acceptors (Lipinski definition) is 5. The number of carbonyl (C=O) groups is 2. The van der Waals surface area contributed by atoms with Crippen molar-refractivity contribution in [2.75, 3.05) is 6.61 Å². The Morgan fingerprint density at radius 2 is 1.83 bits per heavy atom. The van der Waals surface area contributed by atoms with Crippen LogP contribution >= 0.6 is 0 Å². The third-order valence-corrected chi connectivity index (χ3v) is 3.72. The van der Waals surface area contributed by atoms with Crippen LogP contribution in [-0.2, 0) is 11.8 Å². The van der Waals surface area contributed by atoms with Crippen LogP contribution in [0.3, 0.4) is 0 Å². The van der Waals surface area contributed by atoms with E-state index in [2.05, 4.69) is 0 Å². The van der Waals surface area contributed by atoms with E-state index in [9.17, 15) is 19.7 Å². The Labute approximate surface area is 132 Å². The minimum Gasteiger partial charge on any atom is -0.454 e. The van der Waals surface area contributed by atoms with Crippen molar-refractivity contribution >= 4 is 17.4 Å². The van der Waals surface area contributed by atoms with Gasteiger partial charge in [0, 0.05) is 36.1 Å². The number of benzene rings is 1. The third-order valence-electron chi connectivity index (χ3n) is 3.72. The van der Waals surface area contributed by atoms with Crippen LogP contribution in [0.2, 0.25) is 0 Å². The molecule has 0 amide bonds. The molecule has 0 bridgehead atoms. The lowest BCUT2D eigenvalue weighted by atomic mass is 10.1. The Bertz CT molecular complexity index is 775. The van der Waals surface area contributed by atoms with Crippen LogP contribution in [0, 0.1) is 24.0 Å². The van der Waals surface area contributed by atoms with Crippen molar-refractivity contribution in [2.24, 2.45) is 7.05 Å². The Kier molecular flexibility index (Phi) is 4.59. The second-order valence-corrected chi connectivity index (χ2v) is 5.15. The first-order valence-corrected chi connectivity index (χ1v) is 6.89. The molecule has 0 unspecified atom stereocenters. The lowest BCUT2D eigenvalue weighted by Crippen LogP contribution is -2.15. The van der Waals surface area contributed by atoms with Crippen LogP contribution < -0.4 is 0 Å². The largest absolute Gasteiger partial charge is 0.454 e. The molecule has 0 spiro atoms. The summed E-state index contributed by atoms with van der Waals surface area (Å²) in [6.45, 7) is 3.32. The molecule has 2 rings (SSSR count). The van der Waals surface area contributed by atoms with Crippen molar-refractivity contribution in [1.82, 2.24) is 4.57 Å². The minimum atomic E-state index is -0.696. The molecule has 0 fully saturated rings. The van der Waals surface area contributed by atoms with Crippen LogP contribution in [0.4, 0.5) is 5.69 Å². The van der Waals surface area contributed by atoms with E-state index in [1.54, 1.807) is 6.07 Å². The lowest BCUT2D eigenvalue weighted by Gasteiger charge is -2.05. The summed E-state index contributed by atoms with van der Waals surface area (Å²) in [4.78, 5) is 34.0. The number of nitrogens with zero attached hydrogens (tertiary/aromatic N) is 2. The number of ketones is 1. The number of esters is 1. The van der Waals surface area contributed by atoms with Gasteiger partial charge in [0.15, 0.2) is 6.61 Å².